The zero-order valence-corrected chi connectivity index (χ0v) is 4.55. The number of halogens is 1. The average molecular weight is 130 g/mol. The maximum Gasteiger partial charge on any atom is 0.231 e. The summed E-state index contributed by atoms with van der Waals surface area (Å²) < 4.78 is 0. The summed E-state index contributed by atoms with van der Waals surface area (Å²) in [4.78, 5) is 0. The van der Waals surface area contributed by atoms with Crippen molar-refractivity contribution in [1.29, 1.82) is 0 Å². The summed E-state index contributed by atoms with van der Waals surface area (Å²) in [6.45, 7) is 0. The van der Waals surface area contributed by atoms with Crippen LogP contribution < -0.4 is 0 Å². The van der Waals surface area contributed by atoms with Crippen LogP contribution >= 0.6 is 11.6 Å². The predicted molar refractivity (Wildman–Crippen MR) is 27.5 cm³/mol. The fourth-order valence-corrected chi connectivity index (χ4v) is 0.369. The SMILES string of the molecule is Oc1c[c]c(Cl)nn1. The maximum atomic E-state index is 8.49. The van der Waals surface area contributed by atoms with Crippen LogP contribution in [0.15, 0.2) is 6.07 Å². The number of nitrogens with zero attached hydrogens (tertiary/aromatic N) is 2. The Morgan fingerprint density at radius 3 is 2.75 bits per heavy atom. The van der Waals surface area contributed by atoms with E-state index in [1.54, 1.807) is 0 Å². The van der Waals surface area contributed by atoms with Crippen molar-refractivity contribution in [3.63, 3.8) is 0 Å². The largest absolute Gasteiger partial charge is 0.492 e. The second-order valence-electron chi connectivity index (χ2n) is 1.14. The smallest absolute Gasteiger partial charge is 0.231 e. The molecule has 3 nitrogen and oxygen atoms in total. The quantitative estimate of drug-likeness (QED) is 0.559. The molecule has 0 aliphatic rings. The minimum atomic E-state index is -0.172. The van der Waals surface area contributed by atoms with Crippen LogP contribution in [0.2, 0.25) is 5.15 Å². The van der Waals surface area contributed by atoms with Gasteiger partial charge in [0.15, 0.2) is 5.15 Å². The summed E-state index contributed by atoms with van der Waals surface area (Å²) in [5.74, 6) is -0.172. The highest BCUT2D eigenvalue weighted by molar-refractivity contribution is 6.29. The Morgan fingerprint density at radius 1 is 1.62 bits per heavy atom. The van der Waals surface area contributed by atoms with Gasteiger partial charge in [-0.1, -0.05) is 11.6 Å². The van der Waals surface area contributed by atoms with Gasteiger partial charge in [-0.05, 0) is 0 Å². The van der Waals surface area contributed by atoms with E-state index in [9.17, 15) is 0 Å². The van der Waals surface area contributed by atoms with Gasteiger partial charge < -0.3 is 5.11 Å². The monoisotopic (exact) mass is 129 g/mol. The molecule has 1 rings (SSSR count). The molecule has 0 aliphatic carbocycles. The fourth-order valence-electron chi connectivity index (χ4n) is 0.277. The number of aromatic nitrogens is 2. The van der Waals surface area contributed by atoms with Crippen LogP contribution in [-0.2, 0) is 0 Å². The van der Waals surface area contributed by atoms with Crippen LogP contribution in [0, 0.1) is 6.07 Å². The Kier molecular flexibility index (Phi) is 1.30. The molecule has 0 fully saturated rings. The van der Waals surface area contributed by atoms with Crippen molar-refractivity contribution < 1.29 is 5.11 Å². The highest BCUT2D eigenvalue weighted by Crippen LogP contribution is 2.03. The molecule has 41 valence electrons. The van der Waals surface area contributed by atoms with E-state index in [0.717, 1.165) is 0 Å². The molecule has 0 atom stereocenters. The van der Waals surface area contributed by atoms with E-state index in [2.05, 4.69) is 16.3 Å². The molecule has 1 aromatic rings. The van der Waals surface area contributed by atoms with E-state index in [1.807, 2.05) is 0 Å². The normalized spacial score (nSPS) is 9.12. The third-order valence-electron chi connectivity index (χ3n) is 0.561. The van der Waals surface area contributed by atoms with Gasteiger partial charge in [-0.15, -0.1) is 10.2 Å². The van der Waals surface area contributed by atoms with Gasteiger partial charge >= 0.3 is 0 Å². The molecule has 0 aromatic carbocycles. The Hall–Kier alpha value is -0.830. The first-order valence-corrected chi connectivity index (χ1v) is 2.27. The molecule has 1 aromatic heterocycles. The van der Waals surface area contributed by atoms with Crippen LogP contribution in [0.5, 0.6) is 5.88 Å². The van der Waals surface area contributed by atoms with Gasteiger partial charge in [0.05, 0.1) is 0 Å². The molecule has 0 saturated carbocycles. The summed E-state index contributed by atoms with van der Waals surface area (Å²) in [7, 11) is 0. The van der Waals surface area contributed by atoms with Gasteiger partial charge in [0.25, 0.3) is 0 Å². The topological polar surface area (TPSA) is 46.0 Å². The van der Waals surface area contributed by atoms with E-state index in [4.69, 9.17) is 16.7 Å². The molecule has 0 saturated heterocycles. The summed E-state index contributed by atoms with van der Waals surface area (Å²) in [6.07, 6.45) is 0. The average Bonchev–Trinajstić information content (AvgIpc) is 1.77. The zero-order valence-electron chi connectivity index (χ0n) is 3.80. The van der Waals surface area contributed by atoms with Crippen molar-refractivity contribution in [2.24, 2.45) is 0 Å². The molecule has 1 N–H and O–H groups in total. The fraction of sp³-hybridized carbons (Fsp3) is 0. The molecular weight excluding hydrogens is 128 g/mol. The summed E-state index contributed by atoms with van der Waals surface area (Å²) in [5.41, 5.74) is 0. The minimum absolute atomic E-state index is 0.155. The first kappa shape index (κ1) is 5.31. The lowest BCUT2D eigenvalue weighted by molar-refractivity contribution is 0.445. The molecule has 1 heterocycles. The maximum absolute atomic E-state index is 8.49. The van der Waals surface area contributed by atoms with Crippen LogP contribution in [0.25, 0.3) is 0 Å². The van der Waals surface area contributed by atoms with Crippen molar-refractivity contribution in [3.05, 3.63) is 17.3 Å². The predicted octanol–water partition coefficient (Wildman–Crippen LogP) is 0.636. The number of hydrogen-bond donors (Lipinski definition) is 1. The van der Waals surface area contributed by atoms with Crippen molar-refractivity contribution >= 4 is 11.6 Å². The van der Waals surface area contributed by atoms with Gasteiger partial charge in [-0.2, -0.15) is 0 Å². The highest BCUT2D eigenvalue weighted by Gasteiger charge is 1.88. The number of aromatic hydroxyl groups is 1. The van der Waals surface area contributed by atoms with Crippen molar-refractivity contribution in [2.75, 3.05) is 0 Å². The molecule has 0 spiro atoms. The van der Waals surface area contributed by atoms with E-state index in [-0.39, 0.29) is 11.0 Å². The van der Waals surface area contributed by atoms with Crippen LogP contribution in [0.1, 0.15) is 0 Å². The van der Waals surface area contributed by atoms with Crippen LogP contribution in [-0.4, -0.2) is 15.3 Å². The molecule has 4 heteroatoms. The molecular formula is C4H2ClN2O. The highest BCUT2D eigenvalue weighted by atomic mass is 35.5. The number of rotatable bonds is 0. The molecule has 0 aliphatic heterocycles. The Balaban J connectivity index is 3.03. The van der Waals surface area contributed by atoms with E-state index < -0.39 is 0 Å². The third kappa shape index (κ3) is 1.07. The van der Waals surface area contributed by atoms with Crippen molar-refractivity contribution in [3.8, 4) is 5.88 Å². The van der Waals surface area contributed by atoms with E-state index >= 15 is 0 Å². The Bertz CT molecular complexity index is 153. The lowest BCUT2D eigenvalue weighted by Gasteiger charge is -1.84. The van der Waals surface area contributed by atoms with E-state index in [0.29, 0.717) is 0 Å². The summed E-state index contributed by atoms with van der Waals surface area (Å²) >= 11 is 5.27. The lowest BCUT2D eigenvalue weighted by Crippen LogP contribution is -1.79. The zero-order chi connectivity index (χ0) is 5.98. The summed E-state index contributed by atoms with van der Waals surface area (Å²) in [5, 5.41) is 15.2. The van der Waals surface area contributed by atoms with Crippen LogP contribution in [0.3, 0.4) is 0 Å². The van der Waals surface area contributed by atoms with Crippen molar-refractivity contribution in [1.82, 2.24) is 10.2 Å². The summed E-state index contributed by atoms with van der Waals surface area (Å²) in [6, 6.07) is 3.69. The standard InChI is InChI=1S/C4H2ClN2O/c5-3-1-2-4(8)7-6-3/h2H,(H,7,8). The molecule has 1 radical (unpaired) electrons. The van der Waals surface area contributed by atoms with Gasteiger partial charge in [0, 0.05) is 12.1 Å². The first-order chi connectivity index (χ1) is 3.79. The minimum Gasteiger partial charge on any atom is -0.492 e. The van der Waals surface area contributed by atoms with Crippen LogP contribution in [0.4, 0.5) is 0 Å². The van der Waals surface area contributed by atoms with Gasteiger partial charge in [-0.25, -0.2) is 0 Å². The molecule has 8 heavy (non-hydrogen) atoms. The first-order valence-electron chi connectivity index (χ1n) is 1.89. The Morgan fingerprint density at radius 2 is 2.38 bits per heavy atom. The third-order valence-corrected chi connectivity index (χ3v) is 0.745. The van der Waals surface area contributed by atoms with Gasteiger partial charge in [0.2, 0.25) is 5.88 Å². The molecule has 0 unspecified atom stereocenters. The van der Waals surface area contributed by atoms with Gasteiger partial charge in [-0.3, -0.25) is 0 Å². The Labute approximate surface area is 50.9 Å². The second kappa shape index (κ2) is 1.96. The molecule has 0 bridgehead atoms. The second-order valence-corrected chi connectivity index (χ2v) is 1.50. The van der Waals surface area contributed by atoms with E-state index in [1.165, 1.54) is 6.07 Å². The van der Waals surface area contributed by atoms with Gasteiger partial charge in [0.1, 0.15) is 0 Å². The van der Waals surface area contributed by atoms with Crippen molar-refractivity contribution in [2.45, 2.75) is 0 Å². The number of hydrogen-bond acceptors (Lipinski definition) is 3. The lowest BCUT2D eigenvalue weighted by atomic mass is 10.6. The molecule has 0 amide bonds.